The summed E-state index contributed by atoms with van der Waals surface area (Å²) in [6.07, 6.45) is 1.73. The van der Waals surface area contributed by atoms with E-state index in [4.69, 9.17) is 9.84 Å². The van der Waals surface area contributed by atoms with Crippen molar-refractivity contribution in [2.45, 2.75) is 0 Å². The molecule has 0 aromatic heterocycles. The molecule has 0 radical (unpaired) electrons. The fourth-order valence-corrected chi connectivity index (χ4v) is 2.46. The third kappa shape index (κ3) is 4.11. The van der Waals surface area contributed by atoms with Crippen LogP contribution >= 0.6 is 0 Å². The highest BCUT2D eigenvalue weighted by Crippen LogP contribution is 2.16. The molecule has 2 aromatic rings. The topological polar surface area (TPSA) is 74.2 Å². The van der Waals surface area contributed by atoms with Crippen molar-refractivity contribution in [2.75, 3.05) is 36.6 Å². The molecule has 1 heterocycles. The molecule has 0 saturated carbocycles. The molecule has 3 rings (SSSR count). The first-order chi connectivity index (χ1) is 11.7. The molecule has 0 atom stereocenters. The summed E-state index contributed by atoms with van der Waals surface area (Å²) in [6.45, 7) is 3.38. The number of aromatic carboxylic acids is 1. The molecule has 6 heteroatoms. The Kier molecular flexibility index (Phi) is 5.08. The lowest BCUT2D eigenvalue weighted by molar-refractivity contribution is 0.0697. The van der Waals surface area contributed by atoms with Crippen LogP contribution in [0.15, 0.2) is 53.6 Å². The number of rotatable bonds is 5. The molecule has 6 nitrogen and oxygen atoms in total. The fraction of sp³-hybridized carbons (Fsp3) is 0.222. The standard InChI is InChI=1S/C18H19N3O3/c22-18(23)15-3-5-16(6-4-15)20-19-13-14-1-7-17(8-2-14)21-9-11-24-12-10-21/h1-8,13,20H,9-12H2,(H,22,23)/b19-13+. The van der Waals surface area contributed by atoms with Gasteiger partial charge in [-0.2, -0.15) is 5.10 Å². The lowest BCUT2D eigenvalue weighted by atomic mass is 10.2. The van der Waals surface area contributed by atoms with E-state index >= 15 is 0 Å². The molecule has 24 heavy (non-hydrogen) atoms. The zero-order valence-corrected chi connectivity index (χ0v) is 13.2. The van der Waals surface area contributed by atoms with Crippen LogP contribution in [0.2, 0.25) is 0 Å². The van der Waals surface area contributed by atoms with E-state index in [-0.39, 0.29) is 5.56 Å². The van der Waals surface area contributed by atoms with Gasteiger partial charge >= 0.3 is 5.97 Å². The van der Waals surface area contributed by atoms with Crippen molar-refractivity contribution in [1.29, 1.82) is 0 Å². The first-order valence-electron chi connectivity index (χ1n) is 7.77. The summed E-state index contributed by atoms with van der Waals surface area (Å²) >= 11 is 0. The van der Waals surface area contributed by atoms with Crippen LogP contribution in [0.4, 0.5) is 11.4 Å². The van der Waals surface area contributed by atoms with Gasteiger partial charge in [-0.3, -0.25) is 5.43 Å². The lowest BCUT2D eigenvalue weighted by Gasteiger charge is -2.28. The third-order valence-corrected chi connectivity index (χ3v) is 3.81. The Morgan fingerprint density at radius 1 is 1.08 bits per heavy atom. The number of benzene rings is 2. The fourth-order valence-electron chi connectivity index (χ4n) is 2.46. The number of hydrazone groups is 1. The van der Waals surface area contributed by atoms with E-state index in [0.29, 0.717) is 0 Å². The molecule has 0 unspecified atom stereocenters. The summed E-state index contributed by atoms with van der Waals surface area (Å²) in [4.78, 5) is 13.1. The summed E-state index contributed by atoms with van der Waals surface area (Å²) in [5, 5.41) is 13.0. The second kappa shape index (κ2) is 7.61. The molecule has 0 amide bonds. The SMILES string of the molecule is O=C(O)c1ccc(N/N=C/c2ccc(N3CCOCC3)cc2)cc1. The maximum absolute atomic E-state index is 10.8. The smallest absolute Gasteiger partial charge is 0.335 e. The van der Waals surface area contributed by atoms with Gasteiger partial charge in [-0.05, 0) is 42.0 Å². The third-order valence-electron chi connectivity index (χ3n) is 3.81. The Morgan fingerprint density at radius 3 is 2.38 bits per heavy atom. The predicted octanol–water partition coefficient (Wildman–Crippen LogP) is 2.67. The van der Waals surface area contributed by atoms with Gasteiger partial charge in [0.05, 0.1) is 30.7 Å². The predicted molar refractivity (Wildman–Crippen MR) is 94.1 cm³/mol. The number of nitrogens with one attached hydrogen (secondary N) is 1. The van der Waals surface area contributed by atoms with Gasteiger partial charge < -0.3 is 14.7 Å². The summed E-state index contributed by atoms with van der Waals surface area (Å²) in [7, 11) is 0. The largest absolute Gasteiger partial charge is 0.478 e. The molecule has 2 aromatic carbocycles. The van der Waals surface area contributed by atoms with Gasteiger partial charge in [-0.25, -0.2) is 4.79 Å². The second-order valence-electron chi connectivity index (χ2n) is 5.44. The first-order valence-corrected chi connectivity index (χ1v) is 7.77. The van der Waals surface area contributed by atoms with E-state index in [9.17, 15) is 4.79 Å². The van der Waals surface area contributed by atoms with Gasteiger partial charge in [0.25, 0.3) is 0 Å². The number of morpholine rings is 1. The van der Waals surface area contributed by atoms with Gasteiger partial charge in [-0.1, -0.05) is 12.1 Å². The molecular weight excluding hydrogens is 306 g/mol. The molecule has 124 valence electrons. The number of carbonyl (C=O) groups is 1. The van der Waals surface area contributed by atoms with Gasteiger partial charge in [0.15, 0.2) is 0 Å². The van der Waals surface area contributed by atoms with Crippen LogP contribution in [0.25, 0.3) is 0 Å². The average molecular weight is 325 g/mol. The minimum absolute atomic E-state index is 0.253. The number of hydrogen-bond donors (Lipinski definition) is 2. The number of hydrogen-bond acceptors (Lipinski definition) is 5. The van der Waals surface area contributed by atoms with E-state index in [0.717, 1.165) is 37.6 Å². The van der Waals surface area contributed by atoms with Crippen LogP contribution in [-0.2, 0) is 4.74 Å². The van der Waals surface area contributed by atoms with Crippen molar-refractivity contribution in [1.82, 2.24) is 0 Å². The van der Waals surface area contributed by atoms with E-state index in [1.165, 1.54) is 17.8 Å². The Balaban J connectivity index is 1.57. The molecule has 1 fully saturated rings. The van der Waals surface area contributed by atoms with E-state index in [1.807, 2.05) is 12.1 Å². The van der Waals surface area contributed by atoms with Crippen LogP contribution in [0.3, 0.4) is 0 Å². The molecule has 2 N–H and O–H groups in total. The molecule has 1 saturated heterocycles. The molecule has 1 aliphatic heterocycles. The Bertz CT molecular complexity index is 705. The lowest BCUT2D eigenvalue weighted by Crippen LogP contribution is -2.36. The maximum atomic E-state index is 10.8. The zero-order chi connectivity index (χ0) is 16.8. The van der Waals surface area contributed by atoms with E-state index < -0.39 is 5.97 Å². The highest BCUT2D eigenvalue weighted by Gasteiger charge is 2.10. The van der Waals surface area contributed by atoms with E-state index in [1.54, 1.807) is 18.3 Å². The summed E-state index contributed by atoms with van der Waals surface area (Å²) in [6, 6.07) is 14.6. The van der Waals surface area contributed by atoms with Crippen molar-refractivity contribution in [2.24, 2.45) is 5.10 Å². The van der Waals surface area contributed by atoms with Gasteiger partial charge in [0.1, 0.15) is 0 Å². The summed E-state index contributed by atoms with van der Waals surface area (Å²) < 4.78 is 5.36. The van der Waals surface area contributed by atoms with Crippen LogP contribution in [-0.4, -0.2) is 43.6 Å². The van der Waals surface area contributed by atoms with Crippen LogP contribution < -0.4 is 10.3 Å². The zero-order valence-electron chi connectivity index (χ0n) is 13.2. The Labute approximate surface area is 140 Å². The monoisotopic (exact) mass is 325 g/mol. The van der Waals surface area contributed by atoms with Crippen molar-refractivity contribution in [3.63, 3.8) is 0 Å². The quantitative estimate of drug-likeness (QED) is 0.653. The van der Waals surface area contributed by atoms with E-state index in [2.05, 4.69) is 27.6 Å². The molecule has 0 spiro atoms. The van der Waals surface area contributed by atoms with Crippen molar-refractivity contribution in [3.8, 4) is 0 Å². The number of carboxylic acids is 1. The number of carboxylic acid groups (broad SMARTS) is 1. The second-order valence-corrected chi connectivity index (χ2v) is 5.44. The van der Waals surface area contributed by atoms with Crippen LogP contribution in [0.5, 0.6) is 0 Å². The minimum atomic E-state index is -0.939. The van der Waals surface area contributed by atoms with Gasteiger partial charge in [-0.15, -0.1) is 0 Å². The van der Waals surface area contributed by atoms with Crippen molar-refractivity contribution < 1.29 is 14.6 Å². The summed E-state index contributed by atoms with van der Waals surface area (Å²) in [5.74, 6) is -0.939. The highest BCUT2D eigenvalue weighted by atomic mass is 16.5. The van der Waals surface area contributed by atoms with Crippen molar-refractivity contribution >= 4 is 23.6 Å². The number of anilines is 2. The van der Waals surface area contributed by atoms with Crippen LogP contribution in [0, 0.1) is 0 Å². The van der Waals surface area contributed by atoms with Gasteiger partial charge in [0.2, 0.25) is 0 Å². The highest BCUT2D eigenvalue weighted by molar-refractivity contribution is 5.88. The van der Waals surface area contributed by atoms with Gasteiger partial charge in [0, 0.05) is 18.8 Å². The Morgan fingerprint density at radius 2 is 1.75 bits per heavy atom. The molecular formula is C18H19N3O3. The maximum Gasteiger partial charge on any atom is 0.335 e. The van der Waals surface area contributed by atoms with Crippen LogP contribution in [0.1, 0.15) is 15.9 Å². The first kappa shape index (κ1) is 16.0. The molecule has 0 bridgehead atoms. The Hall–Kier alpha value is -2.86. The number of nitrogens with zero attached hydrogens (tertiary/aromatic N) is 2. The number of ether oxygens (including phenoxy) is 1. The molecule has 1 aliphatic rings. The minimum Gasteiger partial charge on any atom is -0.478 e. The normalized spacial score (nSPS) is 14.8. The van der Waals surface area contributed by atoms with Crippen molar-refractivity contribution in [3.05, 3.63) is 59.7 Å². The summed E-state index contributed by atoms with van der Waals surface area (Å²) in [5.41, 5.74) is 6.05. The molecule has 0 aliphatic carbocycles. The average Bonchev–Trinajstić information content (AvgIpc) is 2.63.